The van der Waals surface area contributed by atoms with Gasteiger partial charge >= 0.3 is 5.97 Å². The summed E-state index contributed by atoms with van der Waals surface area (Å²) in [4.78, 5) is 39.8. The van der Waals surface area contributed by atoms with Crippen LogP contribution < -0.4 is 4.74 Å². The van der Waals surface area contributed by atoms with Gasteiger partial charge in [-0.05, 0) is 84.5 Å². The molecule has 1 aliphatic heterocycles. The minimum Gasteiger partial charge on any atom is -0.494 e. The van der Waals surface area contributed by atoms with E-state index in [1.807, 2.05) is 32.9 Å². The molecule has 0 bridgehead atoms. The first-order chi connectivity index (χ1) is 17.8. The Morgan fingerprint density at radius 1 is 1.13 bits per heavy atom. The first-order valence-electron chi connectivity index (χ1n) is 13.1. The van der Waals surface area contributed by atoms with Crippen LogP contribution in [0, 0.1) is 5.82 Å². The van der Waals surface area contributed by atoms with Crippen molar-refractivity contribution in [2.75, 3.05) is 13.2 Å². The summed E-state index contributed by atoms with van der Waals surface area (Å²) < 4.78 is 20.7. The van der Waals surface area contributed by atoms with E-state index in [1.165, 1.54) is 17.9 Å². The van der Waals surface area contributed by atoms with Gasteiger partial charge in [-0.3, -0.25) is 14.4 Å². The first kappa shape index (κ1) is 27.8. The van der Waals surface area contributed by atoms with Crippen LogP contribution >= 0.6 is 0 Å². The fourth-order valence-electron chi connectivity index (χ4n) is 5.94. The lowest BCUT2D eigenvalue weighted by Gasteiger charge is -2.38. The highest BCUT2D eigenvalue weighted by Crippen LogP contribution is 2.41. The van der Waals surface area contributed by atoms with E-state index < -0.39 is 36.4 Å². The zero-order chi connectivity index (χ0) is 27.8. The standard InChI is InChI=1S/C30H36FNO6/c1-5-38-21-6-7-22-19(15-21)9-11-32(25(34)16-30(4,37)17-26(35)36)28(22)24(33)14-18-12-20-8-10-29(2,3)27(20)23(31)13-18/h6-7,12-13,15,28,37H,5,8-11,14,16-17H2,1-4H3,(H,35,36)/t28-,30?/m1/s1. The van der Waals surface area contributed by atoms with Gasteiger partial charge in [-0.15, -0.1) is 0 Å². The smallest absolute Gasteiger partial charge is 0.306 e. The van der Waals surface area contributed by atoms with Crippen LogP contribution in [0.4, 0.5) is 4.39 Å². The van der Waals surface area contributed by atoms with Crippen molar-refractivity contribution in [1.29, 1.82) is 0 Å². The van der Waals surface area contributed by atoms with Crippen LogP contribution in [0.5, 0.6) is 5.75 Å². The molecule has 4 rings (SSSR count). The van der Waals surface area contributed by atoms with Crippen molar-refractivity contribution in [1.82, 2.24) is 4.90 Å². The second kappa shape index (κ2) is 10.5. The van der Waals surface area contributed by atoms with Crippen LogP contribution in [-0.4, -0.2) is 51.5 Å². The molecule has 2 N–H and O–H groups in total. The van der Waals surface area contributed by atoms with Gasteiger partial charge in [-0.25, -0.2) is 4.39 Å². The molecule has 38 heavy (non-hydrogen) atoms. The second-order valence-corrected chi connectivity index (χ2v) is 11.4. The molecule has 2 aliphatic rings. The molecule has 1 amide bonds. The predicted octanol–water partition coefficient (Wildman–Crippen LogP) is 4.30. The van der Waals surface area contributed by atoms with E-state index in [2.05, 4.69) is 0 Å². The summed E-state index contributed by atoms with van der Waals surface area (Å²) >= 11 is 0. The van der Waals surface area contributed by atoms with Gasteiger partial charge in [-0.2, -0.15) is 0 Å². The van der Waals surface area contributed by atoms with Gasteiger partial charge in [0, 0.05) is 13.0 Å². The van der Waals surface area contributed by atoms with Crippen molar-refractivity contribution in [3.8, 4) is 5.75 Å². The zero-order valence-corrected chi connectivity index (χ0v) is 22.5. The number of nitrogens with zero attached hydrogens (tertiary/aromatic N) is 1. The lowest BCUT2D eigenvalue weighted by atomic mass is 9.84. The molecule has 0 fully saturated rings. The number of hydrogen-bond acceptors (Lipinski definition) is 5. The summed E-state index contributed by atoms with van der Waals surface area (Å²) in [7, 11) is 0. The Hall–Kier alpha value is -3.26. The minimum absolute atomic E-state index is 0.0583. The van der Waals surface area contributed by atoms with Crippen LogP contribution in [0.25, 0.3) is 0 Å². The molecule has 0 saturated carbocycles. The number of carboxylic acid groups (broad SMARTS) is 1. The van der Waals surface area contributed by atoms with Gasteiger partial charge in [-0.1, -0.05) is 26.0 Å². The van der Waals surface area contributed by atoms with Gasteiger partial charge < -0.3 is 19.8 Å². The summed E-state index contributed by atoms with van der Waals surface area (Å²) in [5, 5.41) is 19.6. The molecule has 1 aliphatic carbocycles. The van der Waals surface area contributed by atoms with Crippen molar-refractivity contribution in [2.24, 2.45) is 0 Å². The molecule has 1 heterocycles. The molecule has 204 valence electrons. The third-order valence-corrected chi connectivity index (χ3v) is 7.65. The van der Waals surface area contributed by atoms with E-state index in [4.69, 9.17) is 9.84 Å². The molecular formula is C30H36FNO6. The maximum atomic E-state index is 15.1. The fourth-order valence-corrected chi connectivity index (χ4v) is 5.94. The largest absolute Gasteiger partial charge is 0.494 e. The summed E-state index contributed by atoms with van der Waals surface area (Å²) in [5.41, 5.74) is 1.73. The number of carboxylic acids is 1. The Morgan fingerprint density at radius 3 is 2.55 bits per heavy atom. The highest BCUT2D eigenvalue weighted by atomic mass is 19.1. The van der Waals surface area contributed by atoms with E-state index in [0.29, 0.717) is 35.5 Å². The number of aliphatic hydroxyl groups is 1. The number of carbonyl (C=O) groups excluding carboxylic acids is 2. The topological polar surface area (TPSA) is 104 Å². The van der Waals surface area contributed by atoms with Crippen LogP contribution in [0.1, 0.15) is 80.8 Å². The molecule has 7 nitrogen and oxygen atoms in total. The van der Waals surface area contributed by atoms with Crippen LogP contribution in [0.2, 0.25) is 0 Å². The molecule has 0 spiro atoms. The van der Waals surface area contributed by atoms with Gasteiger partial charge in [0.1, 0.15) is 17.6 Å². The van der Waals surface area contributed by atoms with E-state index in [9.17, 15) is 19.5 Å². The van der Waals surface area contributed by atoms with E-state index in [1.54, 1.807) is 12.1 Å². The number of aryl methyl sites for hydroxylation is 1. The number of ketones is 1. The number of ether oxygens (including phenoxy) is 1. The van der Waals surface area contributed by atoms with Gasteiger partial charge in [0.25, 0.3) is 0 Å². The van der Waals surface area contributed by atoms with Crippen LogP contribution in [0.15, 0.2) is 30.3 Å². The minimum atomic E-state index is -1.76. The second-order valence-electron chi connectivity index (χ2n) is 11.4. The monoisotopic (exact) mass is 525 g/mol. The molecule has 2 aromatic rings. The predicted molar refractivity (Wildman–Crippen MR) is 140 cm³/mol. The van der Waals surface area contributed by atoms with Crippen molar-refractivity contribution < 1.29 is 33.7 Å². The highest BCUT2D eigenvalue weighted by molar-refractivity contribution is 5.92. The molecular weight excluding hydrogens is 489 g/mol. The number of aliphatic carboxylic acids is 1. The van der Waals surface area contributed by atoms with Crippen molar-refractivity contribution in [3.63, 3.8) is 0 Å². The van der Waals surface area contributed by atoms with Crippen molar-refractivity contribution in [2.45, 2.75) is 83.3 Å². The molecule has 1 unspecified atom stereocenters. The number of hydrogen-bond donors (Lipinski definition) is 2. The number of rotatable bonds is 9. The summed E-state index contributed by atoms with van der Waals surface area (Å²) in [6.07, 6.45) is 0.985. The van der Waals surface area contributed by atoms with Gasteiger partial charge in [0.05, 0.1) is 25.0 Å². The van der Waals surface area contributed by atoms with Gasteiger partial charge in [0.2, 0.25) is 5.91 Å². The summed E-state index contributed by atoms with van der Waals surface area (Å²) in [6, 6.07) is 7.80. The Labute approximate surface area is 222 Å². The molecule has 0 aromatic heterocycles. The molecule has 8 heteroatoms. The Kier molecular flexibility index (Phi) is 7.66. The first-order valence-corrected chi connectivity index (χ1v) is 13.1. The number of Topliss-reactive ketones (excluding diaryl/α,β-unsaturated/α-hetero) is 1. The number of carbonyl (C=O) groups is 3. The number of fused-ring (bicyclic) bond motifs is 2. The molecule has 0 radical (unpaired) electrons. The highest BCUT2D eigenvalue weighted by Gasteiger charge is 2.39. The molecule has 2 aromatic carbocycles. The SMILES string of the molecule is CCOc1ccc2c(c1)CCN(C(=O)CC(C)(O)CC(=O)O)[C@H]2C(=O)Cc1cc(F)c2c(c1)CCC2(C)C. The van der Waals surface area contributed by atoms with E-state index in [0.717, 1.165) is 24.0 Å². The third-order valence-electron chi connectivity index (χ3n) is 7.65. The van der Waals surface area contributed by atoms with Crippen LogP contribution in [0.3, 0.4) is 0 Å². The van der Waals surface area contributed by atoms with Crippen molar-refractivity contribution in [3.05, 3.63) is 64.0 Å². The van der Waals surface area contributed by atoms with Gasteiger partial charge in [0.15, 0.2) is 5.78 Å². The number of benzene rings is 2. The average molecular weight is 526 g/mol. The lowest BCUT2D eigenvalue weighted by molar-refractivity contribution is -0.148. The van der Waals surface area contributed by atoms with Crippen LogP contribution in [-0.2, 0) is 39.1 Å². The maximum Gasteiger partial charge on any atom is 0.306 e. The number of amides is 1. The Balaban J connectivity index is 1.66. The lowest BCUT2D eigenvalue weighted by Crippen LogP contribution is -2.46. The quantitative estimate of drug-likeness (QED) is 0.506. The zero-order valence-electron chi connectivity index (χ0n) is 22.5. The summed E-state index contributed by atoms with van der Waals surface area (Å²) in [5.74, 6) is -1.63. The third kappa shape index (κ3) is 5.75. The molecule has 0 saturated heterocycles. The maximum absolute atomic E-state index is 15.1. The fraction of sp³-hybridized carbons (Fsp3) is 0.500. The summed E-state index contributed by atoms with van der Waals surface area (Å²) in [6.45, 7) is 7.94. The number of halogens is 1. The normalized spacial score (nSPS) is 19.3. The Morgan fingerprint density at radius 2 is 1.87 bits per heavy atom. The van der Waals surface area contributed by atoms with Crippen molar-refractivity contribution >= 4 is 17.7 Å². The van der Waals surface area contributed by atoms with E-state index in [-0.39, 0.29) is 30.0 Å². The van der Waals surface area contributed by atoms with E-state index >= 15 is 4.39 Å². The molecule has 2 atom stereocenters. The Bertz CT molecular complexity index is 1270. The average Bonchev–Trinajstić information content (AvgIpc) is 3.11.